The fraction of sp³-hybridized carbons (Fsp3) is 0.471. The molecule has 126 valence electrons. The number of methoxy groups -OCH3 is 2. The van der Waals surface area contributed by atoms with Crippen LogP contribution in [0.25, 0.3) is 0 Å². The molecule has 5 nitrogen and oxygen atoms in total. The molecule has 0 saturated heterocycles. The van der Waals surface area contributed by atoms with Gasteiger partial charge in [0.25, 0.3) is 0 Å². The summed E-state index contributed by atoms with van der Waals surface area (Å²) in [5.74, 6) is -0.699. The minimum atomic E-state index is -1.37. The molecule has 0 bridgehead atoms. The Labute approximate surface area is 138 Å². The van der Waals surface area contributed by atoms with E-state index in [4.69, 9.17) is 9.47 Å². The van der Waals surface area contributed by atoms with E-state index in [2.05, 4.69) is 0 Å². The molecule has 4 atom stereocenters. The number of rotatable bonds is 6. The number of carbonyl (C=O) groups is 1. The van der Waals surface area contributed by atoms with Crippen molar-refractivity contribution >= 4 is 16.8 Å². The minimum Gasteiger partial charge on any atom is -0.469 e. The summed E-state index contributed by atoms with van der Waals surface area (Å²) in [4.78, 5) is 12.5. The molecule has 0 fully saturated rings. The van der Waals surface area contributed by atoms with Gasteiger partial charge in [-0.25, -0.2) is 0 Å². The average molecular weight is 338 g/mol. The van der Waals surface area contributed by atoms with Crippen molar-refractivity contribution < 1.29 is 23.6 Å². The molecule has 0 spiro atoms. The van der Waals surface area contributed by atoms with Crippen molar-refractivity contribution in [3.05, 3.63) is 46.9 Å². The van der Waals surface area contributed by atoms with Gasteiger partial charge >= 0.3 is 5.97 Å². The smallest absolute Gasteiger partial charge is 0.311 e. The lowest BCUT2D eigenvalue weighted by Gasteiger charge is -2.28. The Morgan fingerprint density at radius 1 is 1.35 bits per heavy atom. The molecule has 6 heteroatoms. The Bertz CT molecular complexity index is 584. The van der Waals surface area contributed by atoms with E-state index in [1.54, 1.807) is 6.08 Å². The molecule has 1 aliphatic rings. The van der Waals surface area contributed by atoms with Gasteiger partial charge in [-0.2, -0.15) is 0 Å². The zero-order valence-electron chi connectivity index (χ0n) is 13.3. The van der Waals surface area contributed by atoms with Crippen molar-refractivity contribution in [3.63, 3.8) is 0 Å². The van der Waals surface area contributed by atoms with Gasteiger partial charge in [0.2, 0.25) is 0 Å². The second-order valence-electron chi connectivity index (χ2n) is 5.38. The molecule has 1 aromatic rings. The first-order valence-corrected chi connectivity index (χ1v) is 8.71. The largest absolute Gasteiger partial charge is 0.469 e. The Morgan fingerprint density at radius 3 is 2.61 bits per heavy atom. The number of hydrogen-bond acceptors (Lipinski definition) is 5. The van der Waals surface area contributed by atoms with Crippen LogP contribution in [0.3, 0.4) is 0 Å². The van der Waals surface area contributed by atoms with E-state index in [1.807, 2.05) is 30.3 Å². The van der Waals surface area contributed by atoms with Crippen LogP contribution >= 0.6 is 0 Å². The third kappa shape index (κ3) is 4.07. The van der Waals surface area contributed by atoms with Crippen molar-refractivity contribution in [1.82, 2.24) is 0 Å². The van der Waals surface area contributed by atoms with Crippen LogP contribution < -0.4 is 0 Å². The molecule has 1 aliphatic carbocycles. The molecule has 0 aliphatic heterocycles. The molecule has 0 amide bonds. The molecule has 2 rings (SSSR count). The number of aliphatic hydroxyl groups excluding tert-OH is 1. The summed E-state index contributed by atoms with van der Waals surface area (Å²) in [7, 11) is 1.50. The zero-order chi connectivity index (χ0) is 16.8. The van der Waals surface area contributed by atoms with Crippen LogP contribution in [0, 0.1) is 5.92 Å². The molecule has 23 heavy (non-hydrogen) atoms. The predicted octanol–water partition coefficient (Wildman–Crippen LogP) is 1.95. The first-order chi connectivity index (χ1) is 11.1. The van der Waals surface area contributed by atoms with Gasteiger partial charge in [0.1, 0.15) is 0 Å². The Balaban J connectivity index is 2.22. The van der Waals surface area contributed by atoms with E-state index in [9.17, 15) is 14.1 Å². The molecule has 0 aromatic heterocycles. The third-order valence-electron chi connectivity index (χ3n) is 4.08. The number of allylic oxidation sites excluding steroid dienone is 1. The van der Waals surface area contributed by atoms with Crippen LogP contribution in [-0.4, -0.2) is 42.2 Å². The summed E-state index contributed by atoms with van der Waals surface area (Å²) in [6, 6.07) is 9.30. The van der Waals surface area contributed by atoms with Crippen molar-refractivity contribution in [2.75, 3.05) is 20.8 Å². The summed E-state index contributed by atoms with van der Waals surface area (Å²) in [6.07, 6.45) is 2.34. The highest BCUT2D eigenvalue weighted by Gasteiger charge is 2.34. The molecule has 0 unspecified atom stereocenters. The van der Waals surface area contributed by atoms with Gasteiger partial charge in [0, 0.05) is 12.0 Å². The molecule has 0 radical (unpaired) electrons. The summed E-state index contributed by atoms with van der Waals surface area (Å²) in [5.41, 5.74) is 0.832. The van der Waals surface area contributed by atoms with E-state index in [1.165, 1.54) is 14.2 Å². The normalized spacial score (nSPS) is 23.7. The highest BCUT2D eigenvalue weighted by molar-refractivity contribution is 7.89. The van der Waals surface area contributed by atoms with Crippen molar-refractivity contribution in [2.24, 2.45) is 5.92 Å². The lowest BCUT2D eigenvalue weighted by molar-refractivity contribution is -0.149. The van der Waals surface area contributed by atoms with Crippen LogP contribution in [0.1, 0.15) is 23.7 Å². The summed E-state index contributed by atoms with van der Waals surface area (Å²) >= 11 is 0. The Hall–Kier alpha value is -1.50. The zero-order valence-corrected chi connectivity index (χ0v) is 14.1. The Kier molecular flexibility index (Phi) is 6.50. The van der Waals surface area contributed by atoms with Gasteiger partial charge in [0.15, 0.2) is 0 Å². The predicted molar refractivity (Wildman–Crippen MR) is 88.0 cm³/mol. The van der Waals surface area contributed by atoms with Gasteiger partial charge in [-0.15, -0.1) is 0 Å². The standard InChI is InChI=1S/C17H22O5S/c1-21-15-10-13(8-9-14(15)17(19)22-2)23(20)16(11-18)12-6-4-3-5-7-12/h3-7,10,14-16,18H,8-9,11H2,1-2H3/t14-,15-,16+,23+/m0/s1. The first-order valence-electron chi connectivity index (χ1n) is 7.50. The maximum absolute atomic E-state index is 12.8. The molecule has 1 aromatic carbocycles. The van der Waals surface area contributed by atoms with Crippen LogP contribution in [0.15, 0.2) is 41.3 Å². The lowest BCUT2D eigenvalue weighted by atomic mass is 9.91. The number of ether oxygens (including phenoxy) is 2. The summed E-state index contributed by atoms with van der Waals surface area (Å²) < 4.78 is 23.0. The maximum atomic E-state index is 12.8. The van der Waals surface area contributed by atoms with Crippen molar-refractivity contribution in [1.29, 1.82) is 0 Å². The van der Waals surface area contributed by atoms with E-state index >= 15 is 0 Å². The van der Waals surface area contributed by atoms with Crippen LogP contribution in [0.4, 0.5) is 0 Å². The fourth-order valence-corrected chi connectivity index (χ4v) is 4.29. The molecule has 0 saturated carbocycles. The maximum Gasteiger partial charge on any atom is 0.311 e. The molecular formula is C17H22O5S. The van der Waals surface area contributed by atoms with Crippen LogP contribution in [-0.2, 0) is 25.1 Å². The van der Waals surface area contributed by atoms with Gasteiger partial charge < -0.3 is 14.6 Å². The Morgan fingerprint density at radius 2 is 2.04 bits per heavy atom. The van der Waals surface area contributed by atoms with Gasteiger partial charge in [-0.05, 0) is 24.5 Å². The fourth-order valence-electron chi connectivity index (χ4n) is 2.80. The second kappa shape index (κ2) is 8.38. The van der Waals surface area contributed by atoms with Gasteiger partial charge in [0.05, 0.1) is 41.8 Å². The minimum absolute atomic E-state index is 0.202. The highest BCUT2D eigenvalue weighted by atomic mass is 32.2. The van der Waals surface area contributed by atoms with E-state index < -0.39 is 22.2 Å². The number of esters is 1. The van der Waals surface area contributed by atoms with E-state index in [0.717, 1.165) is 5.56 Å². The SMILES string of the molecule is COC(=O)[C@H]1CCC([S@@](=O)[C@H](CO)c2ccccc2)=C[C@@H]1OC. The van der Waals surface area contributed by atoms with Crippen molar-refractivity contribution in [2.45, 2.75) is 24.2 Å². The number of benzene rings is 1. The monoisotopic (exact) mass is 338 g/mol. The highest BCUT2D eigenvalue weighted by Crippen LogP contribution is 2.33. The van der Waals surface area contributed by atoms with E-state index in [0.29, 0.717) is 17.7 Å². The van der Waals surface area contributed by atoms with Crippen molar-refractivity contribution in [3.8, 4) is 0 Å². The third-order valence-corrected chi connectivity index (χ3v) is 5.87. The topological polar surface area (TPSA) is 72.8 Å². The number of carbonyl (C=O) groups excluding carboxylic acids is 1. The van der Waals surface area contributed by atoms with Gasteiger partial charge in [-0.3, -0.25) is 9.00 Å². The second-order valence-corrected chi connectivity index (χ2v) is 7.07. The number of hydrogen-bond donors (Lipinski definition) is 1. The van der Waals surface area contributed by atoms with Crippen LogP contribution in [0.5, 0.6) is 0 Å². The van der Waals surface area contributed by atoms with Gasteiger partial charge in [-0.1, -0.05) is 30.3 Å². The van der Waals surface area contributed by atoms with E-state index in [-0.39, 0.29) is 18.5 Å². The first kappa shape index (κ1) is 17.8. The molecule has 0 heterocycles. The number of aliphatic hydroxyl groups is 1. The van der Waals surface area contributed by atoms with Crippen LogP contribution in [0.2, 0.25) is 0 Å². The molecular weight excluding hydrogens is 316 g/mol. The lowest BCUT2D eigenvalue weighted by Crippen LogP contribution is -2.33. The molecule has 1 N–H and O–H groups in total. The average Bonchev–Trinajstić information content (AvgIpc) is 2.61. The quantitative estimate of drug-likeness (QED) is 0.803. The summed E-state index contributed by atoms with van der Waals surface area (Å²) in [5, 5.41) is 9.18. The summed E-state index contributed by atoms with van der Waals surface area (Å²) in [6.45, 7) is -0.202.